The summed E-state index contributed by atoms with van der Waals surface area (Å²) in [5.41, 5.74) is 3.62. The molecule has 112 valence electrons. The van der Waals surface area contributed by atoms with Crippen LogP contribution in [0.4, 0.5) is 26.7 Å². The molecule has 1 aromatic rings. The molecule has 0 spiro atoms. The van der Waals surface area contributed by atoms with Crippen LogP contribution < -0.4 is 10.5 Å². The molecule has 9 heteroatoms. The van der Waals surface area contributed by atoms with E-state index >= 15 is 0 Å². The van der Waals surface area contributed by atoms with Crippen LogP contribution >= 0.6 is 0 Å². The molecule has 0 unspecified atom stereocenters. The van der Waals surface area contributed by atoms with Crippen molar-refractivity contribution in [2.75, 3.05) is 6.61 Å². The van der Waals surface area contributed by atoms with Crippen molar-refractivity contribution in [3.05, 3.63) is 29.3 Å². The van der Waals surface area contributed by atoms with Gasteiger partial charge in [0.2, 0.25) is 0 Å². The molecule has 1 rings (SSSR count). The van der Waals surface area contributed by atoms with E-state index in [-0.39, 0.29) is 18.6 Å². The van der Waals surface area contributed by atoms with Crippen LogP contribution in [0.3, 0.4) is 0 Å². The number of primary amides is 1. The van der Waals surface area contributed by atoms with E-state index in [4.69, 9.17) is 5.73 Å². The van der Waals surface area contributed by atoms with Crippen molar-refractivity contribution in [3.8, 4) is 5.75 Å². The van der Waals surface area contributed by atoms with Crippen LogP contribution in [0.1, 0.15) is 11.1 Å². The zero-order valence-electron chi connectivity index (χ0n) is 9.92. The summed E-state index contributed by atoms with van der Waals surface area (Å²) in [6, 6.07) is 2.16. The molecule has 0 aliphatic heterocycles. The first kappa shape index (κ1) is 16.0. The van der Waals surface area contributed by atoms with Gasteiger partial charge in [0.1, 0.15) is 5.75 Å². The largest absolute Gasteiger partial charge is 0.449 e. The highest BCUT2D eigenvalue weighted by atomic mass is 19.4. The molecule has 4 nitrogen and oxygen atoms in total. The lowest BCUT2D eigenvalue weighted by Gasteiger charge is -2.14. The molecule has 20 heavy (non-hydrogen) atoms. The van der Waals surface area contributed by atoms with Crippen molar-refractivity contribution in [2.45, 2.75) is 19.2 Å². The van der Waals surface area contributed by atoms with Crippen LogP contribution in [0.15, 0.2) is 18.2 Å². The Morgan fingerprint density at radius 2 is 1.95 bits per heavy atom. The van der Waals surface area contributed by atoms with Crippen molar-refractivity contribution in [3.63, 3.8) is 0 Å². The minimum absolute atomic E-state index is 0.0413. The number of amides is 1. The molecule has 0 fully saturated rings. The van der Waals surface area contributed by atoms with E-state index in [2.05, 4.69) is 9.47 Å². The third-order valence-corrected chi connectivity index (χ3v) is 2.23. The topological polar surface area (TPSA) is 61.6 Å². The van der Waals surface area contributed by atoms with Gasteiger partial charge in [-0.3, -0.25) is 0 Å². The molecule has 0 aromatic heterocycles. The predicted octanol–water partition coefficient (Wildman–Crippen LogP) is 2.94. The third kappa shape index (κ3) is 4.90. The fourth-order valence-electron chi connectivity index (χ4n) is 1.40. The summed E-state index contributed by atoms with van der Waals surface area (Å²) in [4.78, 5) is 10.3. The van der Waals surface area contributed by atoms with Crippen molar-refractivity contribution in [1.82, 2.24) is 0 Å². The second-order valence-electron chi connectivity index (χ2n) is 3.62. The van der Waals surface area contributed by atoms with Crippen LogP contribution in [0, 0.1) is 0 Å². The highest BCUT2D eigenvalue weighted by Crippen LogP contribution is 2.33. The van der Waals surface area contributed by atoms with Gasteiger partial charge in [-0.25, -0.2) is 4.79 Å². The summed E-state index contributed by atoms with van der Waals surface area (Å²) in [5.74, 6) is -0.622. The van der Waals surface area contributed by atoms with Gasteiger partial charge in [-0.05, 0) is 17.7 Å². The SMILES string of the molecule is NC(=O)OCCc1ccc(C(F)(F)F)cc1OC(F)F. The summed E-state index contributed by atoms with van der Waals surface area (Å²) < 4.78 is 70.1. The molecule has 1 aromatic carbocycles. The van der Waals surface area contributed by atoms with E-state index in [1.807, 2.05) is 0 Å². The zero-order valence-corrected chi connectivity index (χ0v) is 9.92. The molecular weight excluding hydrogens is 289 g/mol. The molecule has 0 saturated heterocycles. The van der Waals surface area contributed by atoms with Gasteiger partial charge < -0.3 is 15.2 Å². The molecule has 0 radical (unpaired) electrons. The average Bonchev–Trinajstić information content (AvgIpc) is 2.28. The number of rotatable bonds is 5. The fourth-order valence-corrected chi connectivity index (χ4v) is 1.40. The van der Waals surface area contributed by atoms with E-state index in [1.54, 1.807) is 0 Å². The minimum Gasteiger partial charge on any atom is -0.449 e. The molecule has 0 bridgehead atoms. The highest BCUT2D eigenvalue weighted by Gasteiger charge is 2.31. The Bertz CT molecular complexity index is 476. The van der Waals surface area contributed by atoms with Gasteiger partial charge in [0.25, 0.3) is 0 Å². The van der Waals surface area contributed by atoms with Gasteiger partial charge >= 0.3 is 18.9 Å². The Balaban J connectivity index is 2.94. The summed E-state index contributed by atoms with van der Waals surface area (Å²) in [7, 11) is 0. The van der Waals surface area contributed by atoms with Crippen LogP contribution in [0.2, 0.25) is 0 Å². The number of ether oxygens (including phenoxy) is 2. The second kappa shape index (κ2) is 6.40. The minimum atomic E-state index is -4.68. The zero-order chi connectivity index (χ0) is 15.3. The van der Waals surface area contributed by atoms with Crippen molar-refractivity contribution < 1.29 is 36.2 Å². The summed E-state index contributed by atoms with van der Waals surface area (Å²) in [6.07, 6.45) is -5.86. The Hall–Kier alpha value is -2.06. The standard InChI is InChI=1S/C11H10F5NO3/c12-9(13)20-8-5-7(11(14,15)16)2-1-6(8)3-4-19-10(17)18/h1-2,5,9H,3-4H2,(H2,17,18). The lowest BCUT2D eigenvalue weighted by Crippen LogP contribution is -2.15. The van der Waals surface area contributed by atoms with Gasteiger partial charge in [0.15, 0.2) is 0 Å². The Morgan fingerprint density at radius 3 is 2.45 bits per heavy atom. The van der Waals surface area contributed by atoms with E-state index in [1.165, 1.54) is 0 Å². The fraction of sp³-hybridized carbons (Fsp3) is 0.364. The Kier molecular flexibility index (Phi) is 5.12. The normalized spacial score (nSPS) is 11.5. The molecule has 0 heterocycles. The number of alkyl halides is 5. The maximum Gasteiger partial charge on any atom is 0.416 e. The first-order valence-corrected chi connectivity index (χ1v) is 5.27. The molecule has 0 aliphatic carbocycles. The lowest BCUT2D eigenvalue weighted by molar-refractivity contribution is -0.138. The van der Waals surface area contributed by atoms with Crippen molar-refractivity contribution in [1.29, 1.82) is 0 Å². The van der Waals surface area contributed by atoms with Gasteiger partial charge in [-0.1, -0.05) is 6.07 Å². The monoisotopic (exact) mass is 299 g/mol. The molecule has 2 N–H and O–H groups in total. The second-order valence-corrected chi connectivity index (χ2v) is 3.62. The Labute approximate surface area is 110 Å². The Morgan fingerprint density at radius 1 is 1.30 bits per heavy atom. The summed E-state index contributed by atoms with van der Waals surface area (Å²) in [5, 5.41) is 0. The van der Waals surface area contributed by atoms with Gasteiger partial charge in [0.05, 0.1) is 12.2 Å². The number of carbonyl (C=O) groups is 1. The van der Waals surface area contributed by atoms with E-state index < -0.39 is 30.2 Å². The average molecular weight is 299 g/mol. The van der Waals surface area contributed by atoms with Gasteiger partial charge in [-0.15, -0.1) is 0 Å². The summed E-state index contributed by atoms with van der Waals surface area (Å²) >= 11 is 0. The summed E-state index contributed by atoms with van der Waals surface area (Å²) in [6.45, 7) is -3.53. The van der Waals surface area contributed by atoms with Crippen molar-refractivity contribution in [2.24, 2.45) is 5.73 Å². The van der Waals surface area contributed by atoms with Crippen molar-refractivity contribution >= 4 is 6.09 Å². The van der Waals surface area contributed by atoms with Crippen LogP contribution in [0.5, 0.6) is 5.75 Å². The molecular formula is C11H10F5NO3. The highest BCUT2D eigenvalue weighted by molar-refractivity contribution is 5.64. The maximum absolute atomic E-state index is 12.5. The maximum atomic E-state index is 12.5. The number of benzene rings is 1. The number of nitrogens with two attached hydrogens (primary N) is 1. The number of hydrogen-bond acceptors (Lipinski definition) is 3. The van der Waals surface area contributed by atoms with E-state index in [0.29, 0.717) is 6.07 Å². The van der Waals surface area contributed by atoms with Crippen LogP contribution in [-0.2, 0) is 17.3 Å². The molecule has 0 saturated carbocycles. The van der Waals surface area contributed by atoms with Crippen LogP contribution in [-0.4, -0.2) is 19.3 Å². The predicted molar refractivity (Wildman–Crippen MR) is 57.3 cm³/mol. The van der Waals surface area contributed by atoms with Gasteiger partial charge in [0, 0.05) is 6.42 Å². The van der Waals surface area contributed by atoms with E-state index in [9.17, 15) is 26.7 Å². The molecule has 1 amide bonds. The van der Waals surface area contributed by atoms with Crippen LogP contribution in [0.25, 0.3) is 0 Å². The first-order chi connectivity index (χ1) is 9.20. The molecule has 0 aliphatic rings. The first-order valence-electron chi connectivity index (χ1n) is 5.27. The number of carbonyl (C=O) groups excluding carboxylic acids is 1. The lowest BCUT2D eigenvalue weighted by atomic mass is 10.1. The smallest absolute Gasteiger partial charge is 0.416 e. The number of hydrogen-bond donors (Lipinski definition) is 1. The quantitative estimate of drug-likeness (QED) is 0.850. The van der Waals surface area contributed by atoms with Gasteiger partial charge in [-0.2, -0.15) is 22.0 Å². The third-order valence-electron chi connectivity index (χ3n) is 2.23. The van der Waals surface area contributed by atoms with E-state index in [0.717, 1.165) is 12.1 Å². The number of halogens is 5. The molecule has 0 atom stereocenters.